The van der Waals surface area contributed by atoms with Crippen LogP contribution in [0.5, 0.6) is 0 Å². The zero-order valence-electron chi connectivity index (χ0n) is 12.3. The summed E-state index contributed by atoms with van der Waals surface area (Å²) in [5, 5.41) is 4.70. The Labute approximate surface area is 132 Å². The number of aromatic nitrogens is 3. The quantitative estimate of drug-likeness (QED) is 0.791. The molecule has 0 fully saturated rings. The summed E-state index contributed by atoms with van der Waals surface area (Å²) in [6.45, 7) is 1.43. The molecule has 0 atom stereocenters. The molecule has 2 aromatic heterocycles. The maximum Gasteiger partial charge on any atom is 0.123 e. The van der Waals surface area contributed by atoms with Crippen LogP contribution >= 0.6 is 0 Å². The number of anilines is 1. The SMILES string of the molecule is Nc1cc(-c2c(-c3ccc(F)cc3)nn3c2C=NCC3)ccn1. The molecule has 0 saturated carbocycles. The molecule has 1 aromatic carbocycles. The molecule has 3 heterocycles. The van der Waals surface area contributed by atoms with Crippen LogP contribution in [0.1, 0.15) is 5.69 Å². The highest BCUT2D eigenvalue weighted by atomic mass is 19.1. The summed E-state index contributed by atoms with van der Waals surface area (Å²) in [7, 11) is 0. The number of benzene rings is 1. The number of hydrogen-bond acceptors (Lipinski definition) is 4. The van der Waals surface area contributed by atoms with Crippen molar-refractivity contribution in [3.8, 4) is 22.4 Å². The summed E-state index contributed by atoms with van der Waals surface area (Å²) >= 11 is 0. The van der Waals surface area contributed by atoms with Gasteiger partial charge in [0.05, 0.1) is 18.8 Å². The number of nitrogens with two attached hydrogens (primary N) is 1. The number of pyridine rings is 1. The minimum absolute atomic E-state index is 0.269. The van der Waals surface area contributed by atoms with E-state index in [0.717, 1.165) is 34.6 Å². The normalized spacial score (nSPS) is 13.1. The highest BCUT2D eigenvalue weighted by molar-refractivity contribution is 5.95. The maximum atomic E-state index is 13.2. The van der Waals surface area contributed by atoms with E-state index in [2.05, 4.69) is 9.98 Å². The van der Waals surface area contributed by atoms with Gasteiger partial charge in [-0.2, -0.15) is 5.10 Å². The van der Waals surface area contributed by atoms with Crippen molar-refractivity contribution in [1.29, 1.82) is 0 Å². The number of rotatable bonds is 2. The first-order valence-corrected chi connectivity index (χ1v) is 7.31. The zero-order chi connectivity index (χ0) is 15.8. The molecule has 0 aliphatic carbocycles. The number of fused-ring (bicyclic) bond motifs is 1. The third-order valence-electron chi connectivity index (χ3n) is 3.83. The molecule has 0 spiro atoms. The van der Waals surface area contributed by atoms with Crippen molar-refractivity contribution < 1.29 is 4.39 Å². The maximum absolute atomic E-state index is 13.2. The van der Waals surface area contributed by atoms with Gasteiger partial charge in [-0.1, -0.05) is 0 Å². The Morgan fingerprint density at radius 3 is 2.70 bits per heavy atom. The number of halogens is 1. The van der Waals surface area contributed by atoms with E-state index in [0.29, 0.717) is 12.4 Å². The number of aliphatic imine (C=N–C) groups is 1. The predicted octanol–water partition coefficient (Wildman–Crippen LogP) is 2.77. The van der Waals surface area contributed by atoms with Gasteiger partial charge < -0.3 is 5.73 Å². The first-order valence-electron chi connectivity index (χ1n) is 7.31. The third-order valence-corrected chi connectivity index (χ3v) is 3.83. The number of nitrogen functional groups attached to an aromatic ring is 1. The molecule has 5 nitrogen and oxygen atoms in total. The molecule has 0 saturated heterocycles. The van der Waals surface area contributed by atoms with Crippen LogP contribution in [0.15, 0.2) is 47.6 Å². The predicted molar refractivity (Wildman–Crippen MR) is 87.7 cm³/mol. The second-order valence-electron chi connectivity index (χ2n) is 5.34. The lowest BCUT2D eigenvalue weighted by molar-refractivity contribution is 0.612. The van der Waals surface area contributed by atoms with E-state index in [9.17, 15) is 4.39 Å². The minimum atomic E-state index is -0.269. The lowest BCUT2D eigenvalue weighted by atomic mass is 9.99. The van der Waals surface area contributed by atoms with Gasteiger partial charge >= 0.3 is 0 Å². The standard InChI is InChI=1S/C17H14FN5/c18-13-3-1-11(2-4-13)17-16(12-5-6-21-15(19)9-12)14-10-20-7-8-23(14)22-17/h1-6,9-10H,7-8H2,(H2,19,21). The van der Waals surface area contributed by atoms with Gasteiger partial charge in [-0.05, 0) is 42.0 Å². The smallest absolute Gasteiger partial charge is 0.123 e. The summed E-state index contributed by atoms with van der Waals surface area (Å²) in [5.74, 6) is 0.175. The second kappa shape index (κ2) is 5.31. The van der Waals surface area contributed by atoms with Crippen molar-refractivity contribution in [2.24, 2.45) is 4.99 Å². The number of hydrogen-bond donors (Lipinski definition) is 1. The highest BCUT2D eigenvalue weighted by Crippen LogP contribution is 2.35. The van der Waals surface area contributed by atoms with Crippen LogP contribution in [0.2, 0.25) is 0 Å². The van der Waals surface area contributed by atoms with Crippen LogP contribution < -0.4 is 5.73 Å². The van der Waals surface area contributed by atoms with Gasteiger partial charge in [-0.15, -0.1) is 0 Å². The monoisotopic (exact) mass is 307 g/mol. The molecule has 1 aliphatic heterocycles. The fourth-order valence-corrected chi connectivity index (χ4v) is 2.78. The first kappa shape index (κ1) is 13.6. The molecule has 114 valence electrons. The fourth-order valence-electron chi connectivity index (χ4n) is 2.78. The lowest BCUT2D eigenvalue weighted by Gasteiger charge is -2.09. The Morgan fingerprint density at radius 1 is 1.09 bits per heavy atom. The van der Waals surface area contributed by atoms with Gasteiger partial charge in [0, 0.05) is 23.5 Å². The summed E-state index contributed by atoms with van der Waals surface area (Å²) < 4.78 is 15.2. The van der Waals surface area contributed by atoms with E-state index in [1.807, 2.05) is 23.0 Å². The van der Waals surface area contributed by atoms with E-state index in [1.54, 1.807) is 18.3 Å². The molecule has 1 aliphatic rings. The third kappa shape index (κ3) is 2.38. The van der Waals surface area contributed by atoms with Crippen molar-refractivity contribution in [3.05, 3.63) is 54.1 Å². The van der Waals surface area contributed by atoms with Gasteiger partial charge in [0.25, 0.3) is 0 Å². The minimum Gasteiger partial charge on any atom is -0.384 e. The van der Waals surface area contributed by atoms with Crippen molar-refractivity contribution in [2.45, 2.75) is 6.54 Å². The summed E-state index contributed by atoms with van der Waals surface area (Å²) in [6.07, 6.45) is 3.50. The molecular formula is C17H14FN5. The molecule has 0 unspecified atom stereocenters. The Bertz CT molecular complexity index is 896. The largest absolute Gasteiger partial charge is 0.384 e. The van der Waals surface area contributed by atoms with E-state index in [-0.39, 0.29) is 5.82 Å². The topological polar surface area (TPSA) is 69.1 Å². The van der Waals surface area contributed by atoms with Crippen LogP contribution in [0, 0.1) is 5.82 Å². The highest BCUT2D eigenvalue weighted by Gasteiger charge is 2.21. The van der Waals surface area contributed by atoms with Gasteiger partial charge in [0.2, 0.25) is 0 Å². The van der Waals surface area contributed by atoms with Crippen molar-refractivity contribution >= 4 is 12.0 Å². The Hall–Kier alpha value is -3.02. The molecule has 0 radical (unpaired) electrons. The average molecular weight is 307 g/mol. The zero-order valence-corrected chi connectivity index (χ0v) is 12.3. The summed E-state index contributed by atoms with van der Waals surface area (Å²) in [4.78, 5) is 8.40. The molecule has 3 aromatic rings. The summed E-state index contributed by atoms with van der Waals surface area (Å²) in [5.41, 5.74) is 10.3. The molecule has 0 amide bonds. The lowest BCUT2D eigenvalue weighted by Crippen LogP contribution is -2.12. The molecule has 6 heteroatoms. The Kier molecular flexibility index (Phi) is 3.15. The molecule has 4 rings (SSSR count). The van der Waals surface area contributed by atoms with Gasteiger partial charge in [0.1, 0.15) is 17.3 Å². The first-order chi connectivity index (χ1) is 11.2. The molecular weight excluding hydrogens is 293 g/mol. The molecule has 23 heavy (non-hydrogen) atoms. The van der Waals surface area contributed by atoms with E-state index in [4.69, 9.17) is 10.8 Å². The van der Waals surface area contributed by atoms with Gasteiger partial charge in [0.15, 0.2) is 0 Å². The van der Waals surface area contributed by atoms with Crippen molar-refractivity contribution in [3.63, 3.8) is 0 Å². The van der Waals surface area contributed by atoms with Gasteiger partial charge in [-0.25, -0.2) is 9.37 Å². The van der Waals surface area contributed by atoms with E-state index in [1.165, 1.54) is 12.1 Å². The fraction of sp³-hybridized carbons (Fsp3) is 0.118. The Morgan fingerprint density at radius 2 is 1.91 bits per heavy atom. The van der Waals surface area contributed by atoms with E-state index < -0.39 is 0 Å². The van der Waals surface area contributed by atoms with Crippen LogP contribution in [0.3, 0.4) is 0 Å². The van der Waals surface area contributed by atoms with Crippen LogP contribution in [-0.2, 0) is 6.54 Å². The second-order valence-corrected chi connectivity index (χ2v) is 5.34. The molecule has 0 bridgehead atoms. The molecule has 2 N–H and O–H groups in total. The Balaban J connectivity index is 1.97. The van der Waals surface area contributed by atoms with E-state index >= 15 is 0 Å². The van der Waals surface area contributed by atoms with Gasteiger partial charge in [-0.3, -0.25) is 9.67 Å². The van der Waals surface area contributed by atoms with Crippen LogP contribution in [0.4, 0.5) is 10.2 Å². The number of nitrogens with zero attached hydrogens (tertiary/aromatic N) is 4. The summed E-state index contributed by atoms with van der Waals surface area (Å²) in [6, 6.07) is 10.0. The van der Waals surface area contributed by atoms with Crippen LogP contribution in [-0.4, -0.2) is 27.5 Å². The average Bonchev–Trinajstić information content (AvgIpc) is 2.95. The van der Waals surface area contributed by atoms with Crippen LogP contribution in [0.25, 0.3) is 22.4 Å². The van der Waals surface area contributed by atoms with Crippen molar-refractivity contribution in [1.82, 2.24) is 14.8 Å². The van der Waals surface area contributed by atoms with Crippen molar-refractivity contribution in [2.75, 3.05) is 12.3 Å².